The molecular formula is C10H17N3OS. The SMILES string of the molecule is Cc1nnc(CCNC(=O)C(C)(C)C)s1. The molecule has 0 atom stereocenters. The van der Waals surface area contributed by atoms with Crippen molar-refractivity contribution in [3.63, 3.8) is 0 Å². The van der Waals surface area contributed by atoms with Crippen LogP contribution in [0.3, 0.4) is 0 Å². The number of hydrogen-bond acceptors (Lipinski definition) is 4. The predicted molar refractivity (Wildman–Crippen MR) is 60.8 cm³/mol. The van der Waals surface area contributed by atoms with Crippen LogP contribution in [0.25, 0.3) is 0 Å². The molecule has 1 heterocycles. The third kappa shape index (κ3) is 3.95. The van der Waals surface area contributed by atoms with Crippen molar-refractivity contribution in [2.45, 2.75) is 34.1 Å². The highest BCUT2D eigenvalue weighted by Gasteiger charge is 2.20. The summed E-state index contributed by atoms with van der Waals surface area (Å²) in [5, 5.41) is 12.7. The number of amides is 1. The van der Waals surface area contributed by atoms with Crippen LogP contribution in [0.5, 0.6) is 0 Å². The fourth-order valence-corrected chi connectivity index (χ4v) is 1.70. The predicted octanol–water partition coefficient (Wildman–Crippen LogP) is 1.55. The van der Waals surface area contributed by atoms with Gasteiger partial charge in [0.2, 0.25) is 5.91 Å². The van der Waals surface area contributed by atoms with Crippen molar-refractivity contribution in [3.05, 3.63) is 10.0 Å². The van der Waals surface area contributed by atoms with Gasteiger partial charge in [0.15, 0.2) is 0 Å². The monoisotopic (exact) mass is 227 g/mol. The molecule has 0 unspecified atom stereocenters. The summed E-state index contributed by atoms with van der Waals surface area (Å²) in [6.45, 7) is 8.26. The summed E-state index contributed by atoms with van der Waals surface area (Å²) >= 11 is 1.57. The van der Waals surface area contributed by atoms with Gasteiger partial charge >= 0.3 is 0 Å². The Bertz CT molecular complexity index is 341. The Morgan fingerprint density at radius 3 is 2.53 bits per heavy atom. The first-order chi connectivity index (χ1) is 6.89. The summed E-state index contributed by atoms with van der Waals surface area (Å²) in [6, 6.07) is 0. The van der Waals surface area contributed by atoms with Crippen molar-refractivity contribution in [1.29, 1.82) is 0 Å². The van der Waals surface area contributed by atoms with Gasteiger partial charge in [-0.15, -0.1) is 21.5 Å². The number of carbonyl (C=O) groups is 1. The maximum absolute atomic E-state index is 11.5. The summed E-state index contributed by atoms with van der Waals surface area (Å²) in [7, 11) is 0. The number of nitrogens with one attached hydrogen (secondary N) is 1. The first-order valence-electron chi connectivity index (χ1n) is 4.97. The lowest BCUT2D eigenvalue weighted by molar-refractivity contribution is -0.128. The lowest BCUT2D eigenvalue weighted by Crippen LogP contribution is -2.35. The number of aromatic nitrogens is 2. The average molecular weight is 227 g/mol. The minimum Gasteiger partial charge on any atom is -0.355 e. The maximum atomic E-state index is 11.5. The van der Waals surface area contributed by atoms with E-state index in [4.69, 9.17) is 0 Å². The fourth-order valence-electron chi connectivity index (χ4n) is 0.987. The first-order valence-corrected chi connectivity index (χ1v) is 5.78. The lowest BCUT2D eigenvalue weighted by Gasteiger charge is -2.17. The van der Waals surface area contributed by atoms with Gasteiger partial charge in [0, 0.05) is 18.4 Å². The van der Waals surface area contributed by atoms with Gasteiger partial charge in [-0.3, -0.25) is 4.79 Å². The highest BCUT2D eigenvalue weighted by atomic mass is 32.1. The number of aryl methyl sites for hydroxylation is 1. The molecule has 0 aliphatic rings. The summed E-state index contributed by atoms with van der Waals surface area (Å²) in [5.41, 5.74) is -0.322. The Morgan fingerprint density at radius 1 is 1.40 bits per heavy atom. The molecule has 0 fully saturated rings. The molecule has 0 bridgehead atoms. The van der Waals surface area contributed by atoms with Crippen molar-refractivity contribution in [1.82, 2.24) is 15.5 Å². The molecule has 5 heteroatoms. The van der Waals surface area contributed by atoms with Gasteiger partial charge in [0.05, 0.1) is 0 Å². The van der Waals surface area contributed by atoms with Gasteiger partial charge in [-0.05, 0) is 6.92 Å². The Hall–Kier alpha value is -0.970. The van der Waals surface area contributed by atoms with Crippen molar-refractivity contribution < 1.29 is 4.79 Å². The van der Waals surface area contributed by atoms with Gasteiger partial charge in [-0.25, -0.2) is 0 Å². The summed E-state index contributed by atoms with van der Waals surface area (Å²) in [5.74, 6) is 0.0729. The standard InChI is InChI=1S/C10H17N3OS/c1-7-12-13-8(15-7)5-6-11-9(14)10(2,3)4/h5-6H2,1-4H3,(H,11,14). The van der Waals surface area contributed by atoms with Gasteiger partial charge in [0.1, 0.15) is 10.0 Å². The molecule has 1 rings (SSSR count). The molecule has 84 valence electrons. The molecule has 4 nitrogen and oxygen atoms in total. The molecular weight excluding hydrogens is 210 g/mol. The van der Waals surface area contributed by atoms with Gasteiger partial charge < -0.3 is 5.32 Å². The van der Waals surface area contributed by atoms with E-state index >= 15 is 0 Å². The molecule has 1 aromatic heterocycles. The van der Waals surface area contributed by atoms with Gasteiger partial charge in [-0.2, -0.15) is 0 Å². The van der Waals surface area contributed by atoms with E-state index in [0.29, 0.717) is 6.54 Å². The van der Waals surface area contributed by atoms with E-state index in [2.05, 4.69) is 15.5 Å². The van der Waals surface area contributed by atoms with E-state index in [9.17, 15) is 4.79 Å². The van der Waals surface area contributed by atoms with Crippen LogP contribution < -0.4 is 5.32 Å². The number of nitrogens with zero attached hydrogens (tertiary/aromatic N) is 2. The van der Waals surface area contributed by atoms with Crippen molar-refractivity contribution >= 4 is 17.2 Å². The molecule has 0 spiro atoms. The van der Waals surface area contributed by atoms with E-state index in [-0.39, 0.29) is 11.3 Å². The molecule has 0 aliphatic carbocycles. The van der Waals surface area contributed by atoms with E-state index in [0.717, 1.165) is 16.4 Å². The summed E-state index contributed by atoms with van der Waals surface area (Å²) in [6.07, 6.45) is 0.757. The highest BCUT2D eigenvalue weighted by Crippen LogP contribution is 2.12. The van der Waals surface area contributed by atoms with Crippen molar-refractivity contribution in [2.75, 3.05) is 6.54 Å². The van der Waals surface area contributed by atoms with Crippen LogP contribution in [0.4, 0.5) is 0 Å². The summed E-state index contributed by atoms with van der Waals surface area (Å²) in [4.78, 5) is 11.5. The zero-order valence-corrected chi connectivity index (χ0v) is 10.4. The third-order valence-electron chi connectivity index (χ3n) is 1.87. The second-order valence-electron chi connectivity index (χ2n) is 4.47. The lowest BCUT2D eigenvalue weighted by atomic mass is 9.96. The minimum atomic E-state index is -0.322. The normalized spacial score (nSPS) is 11.5. The van der Waals surface area contributed by atoms with Crippen LogP contribution in [0, 0.1) is 12.3 Å². The van der Waals surface area contributed by atoms with Crippen LogP contribution in [0.2, 0.25) is 0 Å². The molecule has 0 saturated heterocycles. The molecule has 0 radical (unpaired) electrons. The van der Waals surface area contributed by atoms with E-state index < -0.39 is 0 Å². The fraction of sp³-hybridized carbons (Fsp3) is 0.700. The Labute approximate surface area is 94.1 Å². The smallest absolute Gasteiger partial charge is 0.225 e. The molecule has 15 heavy (non-hydrogen) atoms. The van der Waals surface area contributed by atoms with Crippen LogP contribution >= 0.6 is 11.3 Å². The molecule has 1 aromatic rings. The van der Waals surface area contributed by atoms with Crippen LogP contribution in [-0.2, 0) is 11.2 Å². The highest BCUT2D eigenvalue weighted by molar-refractivity contribution is 7.11. The molecule has 1 amide bonds. The molecule has 1 N–H and O–H groups in total. The minimum absolute atomic E-state index is 0.0729. The van der Waals surface area contributed by atoms with Crippen LogP contribution in [0.15, 0.2) is 0 Å². The largest absolute Gasteiger partial charge is 0.355 e. The second-order valence-corrected chi connectivity index (χ2v) is 5.74. The Kier molecular flexibility index (Phi) is 3.79. The Morgan fingerprint density at radius 2 is 2.07 bits per heavy atom. The molecule has 0 saturated carbocycles. The van der Waals surface area contributed by atoms with Crippen molar-refractivity contribution in [2.24, 2.45) is 5.41 Å². The topological polar surface area (TPSA) is 54.9 Å². The summed E-state index contributed by atoms with van der Waals surface area (Å²) < 4.78 is 0. The number of rotatable bonds is 3. The quantitative estimate of drug-likeness (QED) is 0.852. The van der Waals surface area contributed by atoms with Crippen molar-refractivity contribution in [3.8, 4) is 0 Å². The average Bonchev–Trinajstić information content (AvgIpc) is 2.49. The van der Waals surface area contributed by atoms with E-state index in [1.54, 1.807) is 11.3 Å². The van der Waals surface area contributed by atoms with Crippen LogP contribution in [-0.4, -0.2) is 22.6 Å². The number of carbonyl (C=O) groups excluding carboxylic acids is 1. The zero-order valence-electron chi connectivity index (χ0n) is 9.63. The van der Waals surface area contributed by atoms with Gasteiger partial charge in [0.25, 0.3) is 0 Å². The van der Waals surface area contributed by atoms with Crippen LogP contribution in [0.1, 0.15) is 30.8 Å². The molecule has 0 aliphatic heterocycles. The molecule has 0 aromatic carbocycles. The first kappa shape index (κ1) is 12.1. The van der Waals surface area contributed by atoms with E-state index in [1.165, 1.54) is 0 Å². The van der Waals surface area contributed by atoms with Gasteiger partial charge in [-0.1, -0.05) is 20.8 Å². The number of hydrogen-bond donors (Lipinski definition) is 1. The maximum Gasteiger partial charge on any atom is 0.225 e. The zero-order chi connectivity index (χ0) is 11.5. The Balaban J connectivity index is 2.31. The second kappa shape index (κ2) is 4.70. The third-order valence-corrected chi connectivity index (χ3v) is 2.77. The van der Waals surface area contributed by atoms with E-state index in [1.807, 2.05) is 27.7 Å².